The van der Waals surface area contributed by atoms with E-state index in [9.17, 15) is 9.18 Å². The van der Waals surface area contributed by atoms with Gasteiger partial charge in [0.25, 0.3) is 5.91 Å². The molecule has 1 N–H and O–H groups in total. The second-order valence-corrected chi connectivity index (χ2v) is 12.3. The van der Waals surface area contributed by atoms with Crippen LogP contribution in [0.3, 0.4) is 0 Å². The molecule has 3 aromatic carbocycles. The topological polar surface area (TPSA) is 112 Å². The van der Waals surface area contributed by atoms with Gasteiger partial charge in [-0.1, -0.05) is 23.2 Å². The number of carbonyl (C=O) groups is 1. The monoisotopic (exact) mass is 734 g/mol. The van der Waals surface area contributed by atoms with Crippen LogP contribution in [-0.4, -0.2) is 77.0 Å². The number of halogens is 4. The zero-order valence-corrected chi connectivity index (χ0v) is 28.7. The van der Waals surface area contributed by atoms with Gasteiger partial charge in [0.05, 0.1) is 54.4 Å². The minimum Gasteiger partial charge on any atom is -0.493 e. The average Bonchev–Trinajstić information content (AvgIpc) is 3.62. The van der Waals surface area contributed by atoms with Crippen LogP contribution in [0.25, 0.3) is 27.8 Å². The molecule has 1 saturated heterocycles. The first-order valence-electron chi connectivity index (χ1n) is 16.0. The van der Waals surface area contributed by atoms with Crippen molar-refractivity contribution in [2.45, 2.75) is 6.42 Å². The predicted octanol–water partition coefficient (Wildman–Crippen LogP) is 7.68. The molecule has 4 heterocycles. The highest BCUT2D eigenvalue weighted by Crippen LogP contribution is 2.39. The second kappa shape index (κ2) is 15.0. The smallest absolute Gasteiger partial charge is 0.274 e. The van der Waals surface area contributed by atoms with Crippen LogP contribution in [0, 0.1) is 11.6 Å². The van der Waals surface area contributed by atoms with Crippen molar-refractivity contribution < 1.29 is 32.5 Å². The van der Waals surface area contributed by atoms with E-state index < -0.39 is 17.5 Å². The van der Waals surface area contributed by atoms with Crippen LogP contribution < -0.4 is 19.5 Å². The summed E-state index contributed by atoms with van der Waals surface area (Å²) >= 11 is 12.6. The van der Waals surface area contributed by atoms with Crippen molar-refractivity contribution in [3.8, 4) is 34.3 Å². The lowest BCUT2D eigenvalue weighted by atomic mass is 10.1. The van der Waals surface area contributed by atoms with Crippen LogP contribution in [-0.2, 0) is 4.74 Å². The maximum Gasteiger partial charge on any atom is 0.274 e. The van der Waals surface area contributed by atoms with Gasteiger partial charge in [-0.2, -0.15) is 5.10 Å². The fourth-order valence-electron chi connectivity index (χ4n) is 5.73. The number of benzene rings is 3. The summed E-state index contributed by atoms with van der Waals surface area (Å²) in [5, 5.41) is 7.35. The molecule has 0 bridgehead atoms. The molecule has 1 amide bonds. The van der Waals surface area contributed by atoms with E-state index in [0.29, 0.717) is 34.8 Å². The number of pyridine rings is 1. The van der Waals surface area contributed by atoms with Crippen LogP contribution in [0.5, 0.6) is 23.0 Å². The van der Waals surface area contributed by atoms with E-state index in [2.05, 4.69) is 25.3 Å². The van der Waals surface area contributed by atoms with Crippen LogP contribution in [0.4, 0.5) is 14.5 Å². The fraction of sp³-hybridized carbons (Fsp3) is 0.222. The summed E-state index contributed by atoms with van der Waals surface area (Å²) in [6.45, 7) is 4.72. The van der Waals surface area contributed by atoms with Crippen LogP contribution in [0.2, 0.25) is 10.0 Å². The molecule has 0 aliphatic carbocycles. The van der Waals surface area contributed by atoms with Gasteiger partial charge in [0.2, 0.25) is 0 Å². The summed E-state index contributed by atoms with van der Waals surface area (Å²) in [5.74, 6) is -0.809. The molecule has 15 heteroatoms. The Morgan fingerprint density at radius 3 is 2.59 bits per heavy atom. The Hall–Kier alpha value is -5.08. The van der Waals surface area contributed by atoms with Crippen molar-refractivity contribution >= 4 is 51.3 Å². The number of nitrogens with zero attached hydrogens (tertiary/aromatic N) is 5. The normalized spacial score (nSPS) is 13.4. The molecule has 0 unspecified atom stereocenters. The SMILES string of the molecule is COc1cc2c(Oc3ccc(NC(=O)c4cc(-c5c(Cl)ccc(F)c5Cl)n5nccc5n4)cc3F)ccnc2cc1OCCCN1CCOCC1. The fourth-order valence-corrected chi connectivity index (χ4v) is 6.29. The Labute approximate surface area is 300 Å². The standard InChI is InChI=1S/C36H30Cl2F2N6O5/c1-48-31-18-22-26(20-32(31)50-14-2-11-45-12-15-49-16-13-45)41-9-7-29(22)51-30-6-3-21(17-25(30)40)43-36(47)27-19-28(46-33(44-27)8-10-42-46)34-23(37)4-5-24(39)35(34)38/h3-10,17-20H,2,11-16H2,1H3,(H,43,47). The molecule has 3 aromatic heterocycles. The van der Waals surface area contributed by atoms with Crippen molar-refractivity contribution in [3.63, 3.8) is 0 Å². The first-order valence-corrected chi connectivity index (χ1v) is 16.7. The van der Waals surface area contributed by atoms with Gasteiger partial charge in [0, 0.05) is 60.7 Å². The number of hydrogen-bond acceptors (Lipinski definition) is 9. The summed E-state index contributed by atoms with van der Waals surface area (Å²) in [6, 6.07) is 14.6. The Morgan fingerprint density at radius 1 is 0.941 bits per heavy atom. The zero-order valence-electron chi connectivity index (χ0n) is 27.2. The van der Waals surface area contributed by atoms with Gasteiger partial charge in [-0.05, 0) is 48.9 Å². The van der Waals surface area contributed by atoms with Crippen molar-refractivity contribution in [2.24, 2.45) is 0 Å². The van der Waals surface area contributed by atoms with Gasteiger partial charge in [-0.25, -0.2) is 18.3 Å². The number of nitrogens with one attached hydrogen (secondary N) is 1. The lowest BCUT2D eigenvalue weighted by Crippen LogP contribution is -2.37. The molecule has 11 nitrogen and oxygen atoms in total. The number of aromatic nitrogens is 4. The van der Waals surface area contributed by atoms with Crippen molar-refractivity contribution in [1.29, 1.82) is 0 Å². The van der Waals surface area contributed by atoms with Crippen molar-refractivity contribution in [3.05, 3.63) is 100 Å². The quantitative estimate of drug-likeness (QED) is 0.106. The lowest BCUT2D eigenvalue weighted by Gasteiger charge is -2.26. The van der Waals surface area contributed by atoms with E-state index in [1.54, 1.807) is 37.6 Å². The Balaban J connectivity index is 1.07. The zero-order chi connectivity index (χ0) is 35.5. The van der Waals surface area contributed by atoms with E-state index in [-0.39, 0.29) is 44.1 Å². The summed E-state index contributed by atoms with van der Waals surface area (Å²) < 4.78 is 54.2. The number of ether oxygens (including phenoxy) is 4. The van der Waals surface area contributed by atoms with Gasteiger partial charge in [0.1, 0.15) is 17.3 Å². The first-order chi connectivity index (χ1) is 24.8. The molecule has 1 fully saturated rings. The Kier molecular flexibility index (Phi) is 10.1. The summed E-state index contributed by atoms with van der Waals surface area (Å²) in [7, 11) is 1.54. The molecule has 0 spiro atoms. The van der Waals surface area contributed by atoms with Crippen LogP contribution in [0.15, 0.2) is 73.1 Å². The minimum absolute atomic E-state index is 0.0622. The molecule has 7 rings (SSSR count). The number of hydrogen-bond donors (Lipinski definition) is 1. The number of carbonyl (C=O) groups excluding carboxylic acids is 1. The maximum atomic E-state index is 15.4. The van der Waals surface area contributed by atoms with E-state index in [1.807, 2.05) is 0 Å². The summed E-state index contributed by atoms with van der Waals surface area (Å²) in [4.78, 5) is 24.5. The van der Waals surface area contributed by atoms with Gasteiger partial charge in [0.15, 0.2) is 28.7 Å². The average molecular weight is 736 g/mol. The number of morpholine rings is 1. The van der Waals surface area contributed by atoms with E-state index >= 15 is 4.39 Å². The summed E-state index contributed by atoms with van der Waals surface area (Å²) in [6.07, 6.45) is 3.86. The van der Waals surface area contributed by atoms with Gasteiger partial charge >= 0.3 is 0 Å². The lowest BCUT2D eigenvalue weighted by molar-refractivity contribution is 0.0357. The largest absolute Gasteiger partial charge is 0.493 e. The van der Waals surface area contributed by atoms with Crippen LogP contribution >= 0.6 is 23.2 Å². The highest BCUT2D eigenvalue weighted by molar-refractivity contribution is 6.39. The Morgan fingerprint density at radius 2 is 1.78 bits per heavy atom. The first kappa shape index (κ1) is 34.4. The van der Waals surface area contributed by atoms with E-state index in [1.165, 1.54) is 35.0 Å². The van der Waals surface area contributed by atoms with Crippen LogP contribution in [0.1, 0.15) is 16.9 Å². The molecule has 1 aliphatic heterocycles. The number of methoxy groups -OCH3 is 1. The van der Waals surface area contributed by atoms with Gasteiger partial charge in [-0.15, -0.1) is 0 Å². The Bertz CT molecular complexity index is 2250. The van der Waals surface area contributed by atoms with Crippen molar-refractivity contribution in [1.82, 2.24) is 24.5 Å². The molecule has 0 atom stereocenters. The summed E-state index contributed by atoms with van der Waals surface area (Å²) in [5.41, 5.74) is 1.31. The molecular formula is C36H30Cl2F2N6O5. The molecule has 6 aromatic rings. The number of anilines is 1. The molecule has 0 radical (unpaired) electrons. The number of fused-ring (bicyclic) bond motifs is 2. The third-order valence-electron chi connectivity index (χ3n) is 8.27. The molecule has 1 aliphatic rings. The second-order valence-electron chi connectivity index (χ2n) is 11.5. The third-order valence-corrected chi connectivity index (χ3v) is 8.95. The maximum absolute atomic E-state index is 15.4. The highest BCUT2D eigenvalue weighted by atomic mass is 35.5. The molecule has 262 valence electrons. The van der Waals surface area contributed by atoms with E-state index in [4.69, 9.17) is 42.1 Å². The van der Waals surface area contributed by atoms with Gasteiger partial charge < -0.3 is 24.3 Å². The predicted molar refractivity (Wildman–Crippen MR) is 188 cm³/mol. The molecule has 51 heavy (non-hydrogen) atoms. The molecule has 0 saturated carbocycles. The number of amides is 1. The minimum atomic E-state index is -0.733. The van der Waals surface area contributed by atoms with E-state index in [0.717, 1.165) is 51.4 Å². The van der Waals surface area contributed by atoms with Gasteiger partial charge in [-0.3, -0.25) is 14.7 Å². The molecular weight excluding hydrogens is 705 g/mol. The number of rotatable bonds is 11. The highest BCUT2D eigenvalue weighted by Gasteiger charge is 2.21. The van der Waals surface area contributed by atoms with Crippen molar-refractivity contribution in [2.75, 3.05) is 51.9 Å². The third kappa shape index (κ3) is 7.38.